The molecule has 5 rings (SSSR count). The number of carbonyl (C=O) groups excluding carboxylic acids is 1. The van der Waals surface area contributed by atoms with Gasteiger partial charge in [0.15, 0.2) is 0 Å². The molecule has 1 fully saturated rings. The van der Waals surface area contributed by atoms with Gasteiger partial charge in [0.05, 0.1) is 17.6 Å². The Kier molecular flexibility index (Phi) is 6.79. The molecule has 1 aromatic heterocycles. The third-order valence-electron chi connectivity index (χ3n) is 7.00. The molecule has 1 N–H and O–H groups in total. The lowest BCUT2D eigenvalue weighted by Gasteiger charge is -2.19. The van der Waals surface area contributed by atoms with Gasteiger partial charge in [-0.1, -0.05) is 43.3 Å². The van der Waals surface area contributed by atoms with Crippen molar-refractivity contribution in [2.75, 3.05) is 18.1 Å². The minimum Gasteiger partial charge on any atom is -0.491 e. The lowest BCUT2D eigenvalue weighted by Crippen LogP contribution is -2.26. The number of carbonyl (C=O) groups is 1. The molecule has 6 nitrogen and oxygen atoms in total. The normalized spacial score (nSPS) is 16.6. The molecule has 186 valence electrons. The van der Waals surface area contributed by atoms with E-state index in [0.717, 1.165) is 45.8 Å². The second kappa shape index (κ2) is 10.2. The van der Waals surface area contributed by atoms with Crippen LogP contribution in [0.3, 0.4) is 0 Å². The number of benzene rings is 3. The first kappa shape index (κ1) is 24.1. The fourth-order valence-electron chi connectivity index (χ4n) is 4.95. The Morgan fingerprint density at radius 1 is 1.08 bits per heavy atom. The summed E-state index contributed by atoms with van der Waals surface area (Å²) in [5.74, 6) is 1.67. The van der Waals surface area contributed by atoms with E-state index in [9.17, 15) is 9.90 Å². The third kappa shape index (κ3) is 4.86. The summed E-state index contributed by atoms with van der Waals surface area (Å²) in [5.41, 5.74) is 6.15. The molecule has 0 aliphatic carbocycles. The molecule has 1 aliphatic rings. The molecular formula is C30H33N3O3. The zero-order valence-corrected chi connectivity index (χ0v) is 21.1. The maximum absolute atomic E-state index is 13.0. The van der Waals surface area contributed by atoms with E-state index in [1.807, 2.05) is 73.3 Å². The molecule has 1 aliphatic heterocycles. The van der Waals surface area contributed by atoms with Crippen molar-refractivity contribution in [1.82, 2.24) is 9.55 Å². The van der Waals surface area contributed by atoms with Crippen LogP contribution in [0.2, 0.25) is 0 Å². The van der Waals surface area contributed by atoms with Gasteiger partial charge in [0, 0.05) is 24.6 Å². The highest BCUT2D eigenvalue weighted by Crippen LogP contribution is 2.33. The first-order valence-corrected chi connectivity index (χ1v) is 12.7. The number of amides is 1. The summed E-state index contributed by atoms with van der Waals surface area (Å²) in [6, 6.07) is 22.2. The summed E-state index contributed by atoms with van der Waals surface area (Å²) >= 11 is 0. The number of imidazole rings is 1. The fraction of sp³-hybridized carbons (Fsp3) is 0.333. The van der Waals surface area contributed by atoms with Crippen molar-refractivity contribution in [3.8, 4) is 5.75 Å². The molecule has 2 heterocycles. The quantitative estimate of drug-likeness (QED) is 0.375. The minimum atomic E-state index is -0.726. The zero-order valence-electron chi connectivity index (χ0n) is 21.1. The summed E-state index contributed by atoms with van der Waals surface area (Å²) in [7, 11) is 0. The Bertz CT molecular complexity index is 1380. The van der Waals surface area contributed by atoms with Crippen molar-refractivity contribution in [3.05, 3.63) is 89.2 Å². The van der Waals surface area contributed by atoms with Crippen LogP contribution in [0.4, 0.5) is 5.69 Å². The second-order valence-electron chi connectivity index (χ2n) is 9.73. The molecule has 36 heavy (non-hydrogen) atoms. The van der Waals surface area contributed by atoms with E-state index in [1.54, 1.807) is 0 Å². The lowest BCUT2D eigenvalue weighted by atomic mass is 10.1. The van der Waals surface area contributed by atoms with Crippen molar-refractivity contribution in [2.45, 2.75) is 52.2 Å². The maximum Gasteiger partial charge on any atom is 0.227 e. The van der Waals surface area contributed by atoms with E-state index in [-0.39, 0.29) is 18.4 Å². The molecular weight excluding hydrogens is 450 g/mol. The molecule has 3 aromatic carbocycles. The van der Waals surface area contributed by atoms with Crippen molar-refractivity contribution < 1.29 is 14.6 Å². The predicted molar refractivity (Wildman–Crippen MR) is 143 cm³/mol. The Labute approximate surface area is 212 Å². The number of ether oxygens (including phenoxy) is 1. The number of para-hydroxylation sites is 2. The lowest BCUT2D eigenvalue weighted by molar-refractivity contribution is -0.117. The van der Waals surface area contributed by atoms with Crippen LogP contribution in [0.1, 0.15) is 41.8 Å². The highest BCUT2D eigenvalue weighted by molar-refractivity contribution is 5.96. The number of fused-ring (bicyclic) bond motifs is 1. The number of anilines is 1. The molecule has 1 amide bonds. The van der Waals surface area contributed by atoms with E-state index in [2.05, 4.69) is 23.6 Å². The van der Waals surface area contributed by atoms with Gasteiger partial charge in [-0.2, -0.15) is 0 Å². The van der Waals surface area contributed by atoms with Crippen LogP contribution in [0, 0.1) is 13.8 Å². The van der Waals surface area contributed by atoms with Gasteiger partial charge < -0.3 is 19.3 Å². The van der Waals surface area contributed by atoms with Crippen LogP contribution < -0.4 is 9.64 Å². The van der Waals surface area contributed by atoms with E-state index < -0.39 is 6.10 Å². The number of aryl methyl sites for hydroxylation is 3. The summed E-state index contributed by atoms with van der Waals surface area (Å²) in [6.07, 6.45) is 0.640. The highest BCUT2D eigenvalue weighted by atomic mass is 16.5. The number of nitrogens with zero attached hydrogens (tertiary/aromatic N) is 3. The first-order chi connectivity index (χ1) is 17.4. The van der Waals surface area contributed by atoms with E-state index in [1.165, 1.54) is 5.56 Å². The number of aromatic nitrogens is 2. The van der Waals surface area contributed by atoms with Crippen LogP contribution in [0.5, 0.6) is 5.75 Å². The highest BCUT2D eigenvalue weighted by Gasteiger charge is 2.35. The SMILES string of the molecule is CCc1ccc(N2C[C@@H](c3nc4ccccc4n3C[C@@H](O)COc3cc(C)ccc3C)CC2=O)cc1. The Balaban J connectivity index is 1.37. The maximum atomic E-state index is 13.0. The third-order valence-corrected chi connectivity index (χ3v) is 7.00. The van der Waals surface area contributed by atoms with E-state index in [4.69, 9.17) is 9.72 Å². The van der Waals surface area contributed by atoms with Crippen LogP contribution >= 0.6 is 0 Å². The Hall–Kier alpha value is -3.64. The van der Waals surface area contributed by atoms with Gasteiger partial charge in [-0.3, -0.25) is 4.79 Å². The van der Waals surface area contributed by atoms with E-state index in [0.29, 0.717) is 19.5 Å². The zero-order chi connectivity index (χ0) is 25.2. The van der Waals surface area contributed by atoms with Crippen molar-refractivity contribution in [1.29, 1.82) is 0 Å². The molecule has 0 unspecified atom stereocenters. The van der Waals surface area contributed by atoms with Crippen molar-refractivity contribution in [3.63, 3.8) is 0 Å². The van der Waals surface area contributed by atoms with Gasteiger partial charge in [0.2, 0.25) is 5.91 Å². The van der Waals surface area contributed by atoms with Gasteiger partial charge in [0.25, 0.3) is 0 Å². The van der Waals surface area contributed by atoms with Crippen molar-refractivity contribution in [2.24, 2.45) is 0 Å². The average Bonchev–Trinajstić information content (AvgIpc) is 3.45. The molecule has 0 saturated carbocycles. The van der Waals surface area contributed by atoms with Gasteiger partial charge in [-0.25, -0.2) is 4.98 Å². The predicted octanol–water partition coefficient (Wildman–Crippen LogP) is 5.18. The number of rotatable bonds is 8. The topological polar surface area (TPSA) is 67.6 Å². The summed E-state index contributed by atoms with van der Waals surface area (Å²) in [4.78, 5) is 19.8. The molecule has 2 atom stereocenters. The van der Waals surface area contributed by atoms with Gasteiger partial charge in [-0.15, -0.1) is 0 Å². The number of aliphatic hydroxyl groups is 1. The van der Waals surface area contributed by atoms with Gasteiger partial charge in [0.1, 0.15) is 24.3 Å². The summed E-state index contributed by atoms with van der Waals surface area (Å²) in [5, 5.41) is 10.9. The first-order valence-electron chi connectivity index (χ1n) is 12.7. The standard InChI is InChI=1S/C30H33N3O3/c1-4-22-11-13-24(14-12-22)32-17-23(16-29(32)35)30-31-26-7-5-6-8-27(26)33(30)18-25(34)19-36-28-15-20(2)9-10-21(28)3/h5-15,23,25,34H,4,16-19H2,1-3H3/t23-,25+/m0/s1. The molecule has 0 spiro atoms. The minimum absolute atomic E-state index is 0.0529. The number of hydrogen-bond donors (Lipinski definition) is 1. The van der Waals surface area contributed by atoms with Gasteiger partial charge >= 0.3 is 0 Å². The molecule has 0 bridgehead atoms. The molecule has 6 heteroatoms. The number of aliphatic hydroxyl groups excluding tert-OH is 1. The Morgan fingerprint density at radius 2 is 1.86 bits per heavy atom. The largest absolute Gasteiger partial charge is 0.491 e. The van der Waals surface area contributed by atoms with Crippen LogP contribution in [0.15, 0.2) is 66.7 Å². The van der Waals surface area contributed by atoms with Crippen molar-refractivity contribution >= 4 is 22.6 Å². The average molecular weight is 484 g/mol. The van der Waals surface area contributed by atoms with Crippen LogP contribution in [0.25, 0.3) is 11.0 Å². The molecule has 0 radical (unpaired) electrons. The van der Waals surface area contributed by atoms with E-state index >= 15 is 0 Å². The second-order valence-corrected chi connectivity index (χ2v) is 9.73. The fourth-order valence-corrected chi connectivity index (χ4v) is 4.95. The smallest absolute Gasteiger partial charge is 0.227 e. The van der Waals surface area contributed by atoms with Crippen LogP contribution in [-0.4, -0.2) is 39.8 Å². The monoisotopic (exact) mass is 483 g/mol. The summed E-state index contributed by atoms with van der Waals surface area (Å²) < 4.78 is 8.03. The number of hydrogen-bond acceptors (Lipinski definition) is 4. The molecule has 1 saturated heterocycles. The van der Waals surface area contributed by atoms with Crippen LogP contribution in [-0.2, 0) is 17.8 Å². The van der Waals surface area contributed by atoms with Gasteiger partial charge in [-0.05, 0) is 67.3 Å². The molecule has 4 aromatic rings. The Morgan fingerprint density at radius 3 is 2.64 bits per heavy atom. The summed E-state index contributed by atoms with van der Waals surface area (Å²) in [6.45, 7) is 7.24.